The Balaban J connectivity index is 1.54. The molecule has 0 unspecified atom stereocenters. The van der Waals surface area contributed by atoms with E-state index in [9.17, 15) is 9.59 Å². The molecule has 0 aliphatic heterocycles. The molecule has 2 heterocycles. The molecular weight excluding hydrogens is 358 g/mol. The highest BCUT2D eigenvalue weighted by molar-refractivity contribution is 7.14. The molecule has 0 aliphatic carbocycles. The second-order valence-electron chi connectivity index (χ2n) is 5.22. The van der Waals surface area contributed by atoms with E-state index in [1.54, 1.807) is 14.0 Å². The molecule has 134 valence electrons. The van der Waals surface area contributed by atoms with Crippen molar-refractivity contribution < 1.29 is 23.6 Å². The van der Waals surface area contributed by atoms with E-state index in [2.05, 4.69) is 15.5 Å². The van der Waals surface area contributed by atoms with Gasteiger partial charge in [-0.05, 0) is 31.2 Å². The number of thiazole rings is 1. The molecule has 3 aromatic rings. The monoisotopic (exact) mass is 373 g/mol. The zero-order valence-corrected chi connectivity index (χ0v) is 14.8. The maximum atomic E-state index is 11.9. The summed E-state index contributed by atoms with van der Waals surface area (Å²) in [7, 11) is 1.60. The van der Waals surface area contributed by atoms with Crippen LogP contribution in [0.1, 0.15) is 16.2 Å². The van der Waals surface area contributed by atoms with Crippen molar-refractivity contribution in [2.75, 3.05) is 19.0 Å². The first-order valence-corrected chi connectivity index (χ1v) is 8.43. The molecule has 9 heteroatoms. The summed E-state index contributed by atoms with van der Waals surface area (Å²) in [4.78, 5) is 27.9. The van der Waals surface area contributed by atoms with Crippen molar-refractivity contribution in [3.8, 4) is 17.0 Å². The molecule has 0 aliphatic rings. The summed E-state index contributed by atoms with van der Waals surface area (Å²) in [5.41, 5.74) is 2.17. The Morgan fingerprint density at radius 1 is 1.27 bits per heavy atom. The van der Waals surface area contributed by atoms with Gasteiger partial charge in [-0.1, -0.05) is 5.16 Å². The summed E-state index contributed by atoms with van der Waals surface area (Å²) >= 11 is 1.27. The Labute approximate surface area is 152 Å². The lowest BCUT2D eigenvalue weighted by atomic mass is 10.2. The highest BCUT2D eigenvalue weighted by Crippen LogP contribution is 2.26. The molecule has 0 fully saturated rings. The van der Waals surface area contributed by atoms with E-state index in [0.29, 0.717) is 10.8 Å². The van der Waals surface area contributed by atoms with Crippen molar-refractivity contribution in [2.45, 2.75) is 6.92 Å². The smallest absolute Gasteiger partial charge is 0.377 e. The lowest BCUT2D eigenvalue weighted by Crippen LogP contribution is -2.20. The van der Waals surface area contributed by atoms with Gasteiger partial charge in [0.15, 0.2) is 11.7 Å². The fraction of sp³-hybridized carbons (Fsp3) is 0.176. The third-order valence-electron chi connectivity index (χ3n) is 3.30. The molecule has 2 aromatic heterocycles. The number of hydrogen-bond donors (Lipinski definition) is 1. The fourth-order valence-electron chi connectivity index (χ4n) is 2.04. The second-order valence-corrected chi connectivity index (χ2v) is 6.08. The van der Waals surface area contributed by atoms with Gasteiger partial charge < -0.3 is 14.0 Å². The number of amides is 1. The van der Waals surface area contributed by atoms with Gasteiger partial charge in [0.2, 0.25) is 5.76 Å². The summed E-state index contributed by atoms with van der Waals surface area (Å²) in [6.45, 7) is 1.23. The number of carbonyl (C=O) groups is 2. The first kappa shape index (κ1) is 17.6. The second kappa shape index (κ2) is 7.79. The average Bonchev–Trinajstić information content (AvgIpc) is 3.29. The van der Waals surface area contributed by atoms with Gasteiger partial charge >= 0.3 is 5.97 Å². The van der Waals surface area contributed by atoms with Crippen LogP contribution in [0.2, 0.25) is 0 Å². The Morgan fingerprint density at radius 3 is 2.69 bits per heavy atom. The molecule has 1 amide bonds. The van der Waals surface area contributed by atoms with E-state index in [-0.39, 0.29) is 5.76 Å². The number of aromatic nitrogens is 2. The molecule has 8 nitrogen and oxygen atoms in total. The van der Waals surface area contributed by atoms with Crippen LogP contribution in [0.4, 0.5) is 5.13 Å². The number of methoxy groups -OCH3 is 1. The normalized spacial score (nSPS) is 10.4. The first-order valence-electron chi connectivity index (χ1n) is 7.55. The topological polar surface area (TPSA) is 104 Å². The van der Waals surface area contributed by atoms with Crippen LogP contribution >= 0.6 is 11.3 Å². The first-order chi connectivity index (χ1) is 12.5. The van der Waals surface area contributed by atoms with E-state index in [1.807, 2.05) is 29.6 Å². The number of nitrogens with zero attached hydrogens (tertiary/aromatic N) is 2. The number of carbonyl (C=O) groups excluding carboxylic acids is 2. The van der Waals surface area contributed by atoms with Crippen molar-refractivity contribution in [3.63, 3.8) is 0 Å². The third-order valence-corrected chi connectivity index (χ3v) is 4.06. The number of nitrogens with one attached hydrogen (secondary N) is 1. The SMILES string of the molecule is COc1ccc(-c2csc(NC(=O)COC(=O)c3cc(C)no3)n2)cc1. The van der Waals surface area contributed by atoms with Gasteiger partial charge in [-0.2, -0.15) is 0 Å². The standard InChI is InChI=1S/C17H15N3O5S/c1-10-7-14(25-20-10)16(22)24-8-15(21)19-17-18-13(9-26-17)11-3-5-12(23-2)6-4-11/h3-7,9H,8H2,1-2H3,(H,18,19,21). The Bertz CT molecular complexity index is 917. The molecule has 0 saturated heterocycles. The number of benzene rings is 1. The summed E-state index contributed by atoms with van der Waals surface area (Å²) in [6, 6.07) is 8.85. The minimum absolute atomic E-state index is 0.0497. The van der Waals surface area contributed by atoms with Crippen LogP contribution in [0.25, 0.3) is 11.3 Å². The van der Waals surface area contributed by atoms with Crippen LogP contribution < -0.4 is 10.1 Å². The Hall–Kier alpha value is -3.20. The van der Waals surface area contributed by atoms with Crippen LogP contribution in [0.3, 0.4) is 0 Å². The molecule has 0 spiro atoms. The van der Waals surface area contributed by atoms with E-state index in [1.165, 1.54) is 17.4 Å². The average molecular weight is 373 g/mol. The highest BCUT2D eigenvalue weighted by Gasteiger charge is 2.16. The lowest BCUT2D eigenvalue weighted by Gasteiger charge is -2.02. The molecule has 0 radical (unpaired) electrons. The molecule has 0 atom stereocenters. The summed E-state index contributed by atoms with van der Waals surface area (Å²) in [5.74, 6) is -0.545. The van der Waals surface area contributed by atoms with Crippen molar-refractivity contribution >= 4 is 28.3 Å². The van der Waals surface area contributed by atoms with Gasteiger partial charge in [-0.3, -0.25) is 10.1 Å². The van der Waals surface area contributed by atoms with Gasteiger partial charge in [0.1, 0.15) is 5.75 Å². The highest BCUT2D eigenvalue weighted by atomic mass is 32.1. The number of rotatable bonds is 6. The van der Waals surface area contributed by atoms with Crippen molar-refractivity contribution in [2.24, 2.45) is 0 Å². The van der Waals surface area contributed by atoms with Crippen molar-refractivity contribution in [1.82, 2.24) is 10.1 Å². The maximum Gasteiger partial charge on any atom is 0.377 e. The van der Waals surface area contributed by atoms with E-state index >= 15 is 0 Å². The predicted molar refractivity (Wildman–Crippen MR) is 94.3 cm³/mol. The van der Waals surface area contributed by atoms with Crippen LogP contribution in [0.15, 0.2) is 40.2 Å². The van der Waals surface area contributed by atoms with Crippen LogP contribution in [-0.4, -0.2) is 35.7 Å². The fourth-order valence-corrected chi connectivity index (χ4v) is 2.78. The maximum absolute atomic E-state index is 11.9. The zero-order valence-electron chi connectivity index (χ0n) is 14.0. The molecule has 26 heavy (non-hydrogen) atoms. The minimum atomic E-state index is -0.751. The minimum Gasteiger partial charge on any atom is -0.497 e. The zero-order chi connectivity index (χ0) is 18.5. The van der Waals surface area contributed by atoms with Crippen molar-refractivity contribution in [1.29, 1.82) is 0 Å². The van der Waals surface area contributed by atoms with Gasteiger partial charge in [0.05, 0.1) is 18.5 Å². The van der Waals surface area contributed by atoms with E-state index < -0.39 is 18.5 Å². The van der Waals surface area contributed by atoms with Gasteiger partial charge in [0, 0.05) is 17.0 Å². The summed E-state index contributed by atoms with van der Waals surface area (Å²) in [5, 5.41) is 8.40. The van der Waals surface area contributed by atoms with Gasteiger partial charge in [0.25, 0.3) is 5.91 Å². The molecule has 3 rings (SSSR count). The van der Waals surface area contributed by atoms with Crippen LogP contribution in [-0.2, 0) is 9.53 Å². The summed E-state index contributed by atoms with van der Waals surface area (Å²) < 4.78 is 14.8. The quantitative estimate of drug-likeness (QED) is 0.663. The summed E-state index contributed by atoms with van der Waals surface area (Å²) in [6.07, 6.45) is 0. The molecule has 0 saturated carbocycles. The van der Waals surface area contributed by atoms with Crippen molar-refractivity contribution in [3.05, 3.63) is 47.2 Å². The van der Waals surface area contributed by atoms with Crippen LogP contribution in [0, 0.1) is 6.92 Å². The number of hydrogen-bond acceptors (Lipinski definition) is 8. The predicted octanol–water partition coefficient (Wildman–Crippen LogP) is 2.91. The largest absolute Gasteiger partial charge is 0.497 e. The van der Waals surface area contributed by atoms with Gasteiger partial charge in [-0.15, -0.1) is 11.3 Å². The number of esters is 1. The number of aryl methyl sites for hydroxylation is 1. The van der Waals surface area contributed by atoms with Crippen LogP contribution in [0.5, 0.6) is 5.75 Å². The molecule has 1 aromatic carbocycles. The molecule has 1 N–H and O–H groups in total. The molecular formula is C17H15N3O5S. The van der Waals surface area contributed by atoms with E-state index in [4.69, 9.17) is 14.0 Å². The molecule has 0 bridgehead atoms. The Kier molecular flexibility index (Phi) is 5.28. The Morgan fingerprint density at radius 2 is 2.04 bits per heavy atom. The lowest BCUT2D eigenvalue weighted by molar-refractivity contribution is -0.119. The van der Waals surface area contributed by atoms with E-state index in [0.717, 1.165) is 17.0 Å². The number of anilines is 1. The van der Waals surface area contributed by atoms with Gasteiger partial charge in [-0.25, -0.2) is 9.78 Å². The third kappa shape index (κ3) is 4.25. The number of ether oxygens (including phenoxy) is 2.